The van der Waals surface area contributed by atoms with Gasteiger partial charge in [-0.1, -0.05) is 32.0 Å². The van der Waals surface area contributed by atoms with E-state index in [1.807, 2.05) is 30.3 Å². The number of nitrogens with one attached hydrogen (secondary N) is 2. The fraction of sp³-hybridized carbons (Fsp3) is 0.500. The predicted octanol–water partition coefficient (Wildman–Crippen LogP) is 3.92. The van der Waals surface area contributed by atoms with Crippen molar-refractivity contribution in [3.05, 3.63) is 54.0 Å². The average molecular weight is 514 g/mol. The maximum absolute atomic E-state index is 6.03. The minimum Gasteiger partial charge on any atom is -0.492 e. The van der Waals surface area contributed by atoms with Gasteiger partial charge in [-0.15, -0.1) is 24.0 Å². The Morgan fingerprint density at radius 3 is 2.55 bits per heavy atom. The molecule has 2 rings (SSSR count). The third-order valence-electron chi connectivity index (χ3n) is 4.53. The van der Waals surface area contributed by atoms with Gasteiger partial charge in [0.1, 0.15) is 18.1 Å². The van der Waals surface area contributed by atoms with E-state index in [0.29, 0.717) is 13.2 Å². The summed E-state index contributed by atoms with van der Waals surface area (Å²) in [6, 6.07) is 12.0. The van der Waals surface area contributed by atoms with Crippen LogP contribution in [-0.4, -0.2) is 50.2 Å². The van der Waals surface area contributed by atoms with Gasteiger partial charge in [-0.25, -0.2) is 4.99 Å². The van der Waals surface area contributed by atoms with Crippen LogP contribution in [0.2, 0.25) is 0 Å². The van der Waals surface area contributed by atoms with Gasteiger partial charge in [0.15, 0.2) is 5.96 Å². The van der Waals surface area contributed by atoms with Crippen LogP contribution in [0.4, 0.5) is 0 Å². The number of rotatable bonds is 12. The zero-order valence-electron chi connectivity index (χ0n) is 17.8. The van der Waals surface area contributed by atoms with Crippen LogP contribution in [0, 0.1) is 0 Å². The standard InChI is InChI=1S/C22H34N4O2.HI/c1-4-23-22(24-14-13-20-11-9-16-27-20)25-18-19-10-7-8-12-21(19)28-17-15-26(5-2)6-3;/h7-12,16H,4-6,13-15,17-18H2,1-3H3,(H2,23,24,25);1H. The number of benzene rings is 1. The lowest BCUT2D eigenvalue weighted by Crippen LogP contribution is -2.38. The third-order valence-corrected chi connectivity index (χ3v) is 4.53. The first-order valence-electron chi connectivity index (χ1n) is 10.2. The minimum atomic E-state index is 0. The summed E-state index contributed by atoms with van der Waals surface area (Å²) in [5.74, 6) is 2.67. The molecule has 0 radical (unpaired) electrons. The third kappa shape index (κ3) is 9.54. The molecule has 2 N–H and O–H groups in total. The summed E-state index contributed by atoms with van der Waals surface area (Å²) in [7, 11) is 0. The smallest absolute Gasteiger partial charge is 0.191 e. The molecule has 7 heteroatoms. The van der Waals surface area contributed by atoms with Gasteiger partial charge >= 0.3 is 0 Å². The molecule has 0 spiro atoms. The molecular formula is C22H35IN4O2. The number of likely N-dealkylation sites (N-methyl/N-ethyl adjacent to an activating group) is 1. The molecule has 0 aliphatic carbocycles. The van der Waals surface area contributed by atoms with Crippen LogP contribution < -0.4 is 15.4 Å². The Bertz CT molecular complexity index is 688. The van der Waals surface area contributed by atoms with Crippen molar-refractivity contribution in [1.82, 2.24) is 15.5 Å². The van der Waals surface area contributed by atoms with E-state index >= 15 is 0 Å². The van der Waals surface area contributed by atoms with E-state index in [0.717, 1.165) is 62.2 Å². The summed E-state index contributed by atoms with van der Waals surface area (Å²) in [5.41, 5.74) is 1.09. The van der Waals surface area contributed by atoms with Crippen LogP contribution in [-0.2, 0) is 13.0 Å². The Kier molecular flexibility index (Phi) is 13.2. The Morgan fingerprint density at radius 1 is 1.07 bits per heavy atom. The lowest BCUT2D eigenvalue weighted by Gasteiger charge is -2.18. The van der Waals surface area contributed by atoms with E-state index in [2.05, 4.69) is 42.4 Å². The van der Waals surface area contributed by atoms with Gasteiger partial charge in [0, 0.05) is 31.6 Å². The number of furan rings is 1. The van der Waals surface area contributed by atoms with Crippen LogP contribution in [0.1, 0.15) is 32.1 Å². The Hall–Kier alpha value is -1.74. The lowest BCUT2D eigenvalue weighted by atomic mass is 10.2. The number of hydrogen-bond donors (Lipinski definition) is 2. The number of aliphatic imine (C=N–C) groups is 1. The summed E-state index contributed by atoms with van der Waals surface area (Å²) < 4.78 is 11.4. The molecule has 1 heterocycles. The van der Waals surface area contributed by atoms with Gasteiger partial charge in [-0.3, -0.25) is 0 Å². The highest BCUT2D eigenvalue weighted by atomic mass is 127. The van der Waals surface area contributed by atoms with Crippen LogP contribution in [0.25, 0.3) is 0 Å². The van der Waals surface area contributed by atoms with E-state index in [9.17, 15) is 0 Å². The maximum Gasteiger partial charge on any atom is 0.191 e. The molecule has 0 amide bonds. The predicted molar refractivity (Wildman–Crippen MR) is 130 cm³/mol. The summed E-state index contributed by atoms with van der Waals surface area (Å²) in [4.78, 5) is 7.07. The van der Waals surface area contributed by atoms with Crippen molar-refractivity contribution in [2.45, 2.75) is 33.7 Å². The highest BCUT2D eigenvalue weighted by Gasteiger charge is 2.05. The second-order valence-corrected chi connectivity index (χ2v) is 6.43. The molecular weight excluding hydrogens is 479 g/mol. The van der Waals surface area contributed by atoms with E-state index in [4.69, 9.17) is 14.1 Å². The topological polar surface area (TPSA) is 62.0 Å². The van der Waals surface area contributed by atoms with E-state index in [1.165, 1.54) is 0 Å². The second kappa shape index (κ2) is 15.1. The van der Waals surface area contributed by atoms with Crippen molar-refractivity contribution >= 4 is 29.9 Å². The summed E-state index contributed by atoms with van der Waals surface area (Å²) in [5, 5.41) is 6.64. The Balaban J connectivity index is 0.00000420. The number of ether oxygens (including phenoxy) is 1. The van der Waals surface area contributed by atoms with Crippen molar-refractivity contribution in [2.75, 3.05) is 39.3 Å². The number of hydrogen-bond acceptors (Lipinski definition) is 4. The zero-order chi connectivity index (χ0) is 20.0. The van der Waals surface area contributed by atoms with Crippen molar-refractivity contribution < 1.29 is 9.15 Å². The first-order valence-corrected chi connectivity index (χ1v) is 10.2. The number of para-hydroxylation sites is 1. The fourth-order valence-corrected chi connectivity index (χ4v) is 2.86. The van der Waals surface area contributed by atoms with Gasteiger partial charge in [0.25, 0.3) is 0 Å². The normalized spacial score (nSPS) is 11.2. The van der Waals surface area contributed by atoms with Crippen LogP contribution in [0.15, 0.2) is 52.1 Å². The van der Waals surface area contributed by atoms with Crippen molar-refractivity contribution in [3.8, 4) is 5.75 Å². The molecule has 0 atom stereocenters. The molecule has 2 aromatic rings. The molecule has 0 saturated heterocycles. The molecule has 0 bridgehead atoms. The molecule has 1 aromatic heterocycles. The molecule has 0 aliphatic heterocycles. The van der Waals surface area contributed by atoms with Crippen molar-refractivity contribution in [2.24, 2.45) is 4.99 Å². The summed E-state index contributed by atoms with van der Waals surface area (Å²) in [6.07, 6.45) is 2.52. The number of guanidine groups is 1. The van der Waals surface area contributed by atoms with Crippen molar-refractivity contribution in [1.29, 1.82) is 0 Å². The first kappa shape index (κ1) is 25.3. The molecule has 0 aliphatic rings. The maximum atomic E-state index is 6.03. The summed E-state index contributed by atoms with van der Waals surface area (Å²) >= 11 is 0. The molecule has 0 saturated carbocycles. The van der Waals surface area contributed by atoms with Gasteiger partial charge in [-0.2, -0.15) is 0 Å². The zero-order valence-corrected chi connectivity index (χ0v) is 20.1. The van der Waals surface area contributed by atoms with Crippen LogP contribution in [0.5, 0.6) is 5.75 Å². The van der Waals surface area contributed by atoms with Crippen LogP contribution in [0.3, 0.4) is 0 Å². The molecule has 0 unspecified atom stereocenters. The Morgan fingerprint density at radius 2 is 1.86 bits per heavy atom. The van der Waals surface area contributed by atoms with Crippen molar-refractivity contribution in [3.63, 3.8) is 0 Å². The van der Waals surface area contributed by atoms with E-state index in [-0.39, 0.29) is 24.0 Å². The van der Waals surface area contributed by atoms with E-state index < -0.39 is 0 Å². The fourth-order valence-electron chi connectivity index (χ4n) is 2.86. The highest BCUT2D eigenvalue weighted by molar-refractivity contribution is 14.0. The first-order chi connectivity index (χ1) is 13.8. The van der Waals surface area contributed by atoms with Gasteiger partial charge < -0.3 is 24.7 Å². The summed E-state index contributed by atoms with van der Waals surface area (Å²) in [6.45, 7) is 12.3. The largest absolute Gasteiger partial charge is 0.492 e. The SMILES string of the molecule is CCNC(=NCc1ccccc1OCCN(CC)CC)NCCc1ccco1.I. The molecule has 29 heavy (non-hydrogen) atoms. The van der Waals surface area contributed by atoms with Gasteiger partial charge in [0.2, 0.25) is 0 Å². The van der Waals surface area contributed by atoms with Gasteiger partial charge in [0.05, 0.1) is 12.8 Å². The molecule has 162 valence electrons. The number of nitrogens with zero attached hydrogens (tertiary/aromatic N) is 2. The lowest BCUT2D eigenvalue weighted by molar-refractivity contribution is 0.221. The molecule has 6 nitrogen and oxygen atoms in total. The average Bonchev–Trinajstić information content (AvgIpc) is 3.24. The quantitative estimate of drug-likeness (QED) is 0.256. The molecule has 0 fully saturated rings. The van der Waals surface area contributed by atoms with E-state index in [1.54, 1.807) is 6.26 Å². The second-order valence-electron chi connectivity index (χ2n) is 6.43. The van der Waals surface area contributed by atoms with Crippen LogP contribution >= 0.6 is 24.0 Å². The monoisotopic (exact) mass is 514 g/mol. The van der Waals surface area contributed by atoms with Gasteiger partial charge in [-0.05, 0) is 38.2 Å². The number of halogens is 1. The Labute approximate surface area is 192 Å². The molecule has 1 aromatic carbocycles. The minimum absolute atomic E-state index is 0. The highest BCUT2D eigenvalue weighted by Crippen LogP contribution is 2.18.